The Hall–Kier alpha value is -1.28. The van der Waals surface area contributed by atoms with Gasteiger partial charge in [-0.1, -0.05) is 0 Å². The lowest BCUT2D eigenvalue weighted by Gasteiger charge is -2.14. The Labute approximate surface area is 111 Å². The van der Waals surface area contributed by atoms with Gasteiger partial charge in [-0.05, 0) is 12.8 Å². The summed E-state index contributed by atoms with van der Waals surface area (Å²) in [6.07, 6.45) is 1.21. The predicted octanol–water partition coefficient (Wildman–Crippen LogP) is -0.976. The lowest BCUT2D eigenvalue weighted by atomic mass is 10.2. The summed E-state index contributed by atoms with van der Waals surface area (Å²) in [5.74, 6) is -0.946. The maximum atomic E-state index is 11.5. The first-order valence-electron chi connectivity index (χ1n) is 5.68. The molecule has 0 aromatic rings. The van der Waals surface area contributed by atoms with E-state index in [2.05, 4.69) is 17.6 Å². The highest BCUT2D eigenvalue weighted by Crippen LogP contribution is 2.15. The van der Waals surface area contributed by atoms with Gasteiger partial charge in [-0.15, -0.1) is 0 Å². The third-order valence-electron chi connectivity index (χ3n) is 2.65. The first-order valence-corrected chi connectivity index (χ1v) is 6.20. The van der Waals surface area contributed by atoms with Crippen LogP contribution in [0, 0.1) is 0 Å². The minimum Gasteiger partial charge on any atom is -0.480 e. The summed E-state index contributed by atoms with van der Waals surface area (Å²) in [5, 5.41) is 8.57. The number of nitrogens with zero attached hydrogens (tertiary/aromatic N) is 2. The second-order valence-corrected chi connectivity index (χ2v) is 4.92. The zero-order valence-electron chi connectivity index (χ0n) is 9.95. The molecule has 1 heterocycles. The van der Waals surface area contributed by atoms with Crippen LogP contribution in [0.25, 0.3) is 0 Å². The van der Waals surface area contributed by atoms with Crippen LogP contribution in [0.1, 0.15) is 19.3 Å². The van der Waals surface area contributed by atoms with Crippen molar-refractivity contribution < 1.29 is 14.7 Å². The van der Waals surface area contributed by atoms with Gasteiger partial charge in [0.25, 0.3) is 0 Å². The maximum absolute atomic E-state index is 11.5. The number of carbonyl (C=O) groups excluding carboxylic acids is 1. The van der Waals surface area contributed by atoms with Crippen molar-refractivity contribution in [3.8, 4) is 0 Å². The van der Waals surface area contributed by atoms with Crippen LogP contribution in [-0.4, -0.2) is 52.2 Å². The van der Waals surface area contributed by atoms with Crippen molar-refractivity contribution >= 4 is 30.5 Å². The summed E-state index contributed by atoms with van der Waals surface area (Å²) in [6.45, 7) is 0.819. The average Bonchev–Trinajstić information content (AvgIpc) is 2.63. The van der Waals surface area contributed by atoms with Gasteiger partial charge < -0.3 is 16.6 Å². The second-order valence-electron chi connectivity index (χ2n) is 4.19. The summed E-state index contributed by atoms with van der Waals surface area (Å²) in [7, 11) is 0. The van der Waals surface area contributed by atoms with Crippen molar-refractivity contribution in [3.05, 3.63) is 0 Å². The number of carboxylic acids is 1. The maximum Gasteiger partial charge on any atom is 0.320 e. The second kappa shape index (κ2) is 6.60. The first kappa shape index (κ1) is 14.8. The molecule has 0 bridgehead atoms. The van der Waals surface area contributed by atoms with Crippen LogP contribution in [-0.2, 0) is 9.59 Å². The summed E-state index contributed by atoms with van der Waals surface area (Å²) in [4.78, 5) is 27.4. The van der Waals surface area contributed by atoms with E-state index in [1.165, 1.54) is 4.90 Å². The van der Waals surface area contributed by atoms with Crippen LogP contribution >= 0.6 is 12.6 Å². The Balaban J connectivity index is 2.34. The van der Waals surface area contributed by atoms with Gasteiger partial charge in [0.05, 0.1) is 0 Å². The molecule has 1 amide bonds. The number of guanidine groups is 1. The van der Waals surface area contributed by atoms with Crippen LogP contribution in [0.3, 0.4) is 0 Å². The first-order chi connectivity index (χ1) is 8.41. The quantitative estimate of drug-likeness (QED) is 0.222. The van der Waals surface area contributed by atoms with Crippen molar-refractivity contribution in [1.82, 2.24) is 4.90 Å². The minimum absolute atomic E-state index is 0.00770. The van der Waals surface area contributed by atoms with Gasteiger partial charge in [0.1, 0.15) is 6.04 Å². The normalized spacial score (nSPS) is 22.3. The minimum atomic E-state index is -1.03. The molecule has 1 aliphatic rings. The molecule has 8 heteroatoms. The molecule has 0 aromatic carbocycles. The van der Waals surface area contributed by atoms with Gasteiger partial charge in [-0.25, -0.2) is 0 Å². The molecule has 1 fully saturated rings. The Morgan fingerprint density at radius 1 is 1.67 bits per heavy atom. The van der Waals surface area contributed by atoms with Crippen LogP contribution in [0.15, 0.2) is 4.99 Å². The zero-order chi connectivity index (χ0) is 13.7. The topological polar surface area (TPSA) is 122 Å². The Morgan fingerprint density at radius 2 is 2.33 bits per heavy atom. The number of carbonyl (C=O) groups is 2. The number of carboxylic acid groups (broad SMARTS) is 1. The van der Waals surface area contributed by atoms with Crippen molar-refractivity contribution in [2.75, 3.05) is 13.1 Å². The number of nitrogens with two attached hydrogens (primary N) is 2. The molecule has 1 aliphatic heterocycles. The van der Waals surface area contributed by atoms with E-state index in [0.29, 0.717) is 32.4 Å². The van der Waals surface area contributed by atoms with E-state index < -0.39 is 12.0 Å². The Kier molecular flexibility index (Phi) is 5.42. The standard InChI is InChI=1S/C10H18N4O3S/c11-7(9(16)17)2-1-3-13-10(12)14-5-6(18)4-8(14)15/h6-7,18H,1-5,11H2,(H2,12,13)(H,16,17)/t6?,7-/m0/s1. The summed E-state index contributed by atoms with van der Waals surface area (Å²) >= 11 is 4.21. The number of hydrogen-bond donors (Lipinski definition) is 4. The Bertz CT molecular complexity index is 361. The number of aliphatic imine (C=N–C) groups is 1. The molecule has 0 spiro atoms. The summed E-state index contributed by atoms with van der Waals surface area (Å²) in [5.41, 5.74) is 11.0. The van der Waals surface area contributed by atoms with Gasteiger partial charge in [0.15, 0.2) is 5.96 Å². The third-order valence-corrected chi connectivity index (χ3v) is 2.99. The molecule has 102 valence electrons. The number of thiol groups is 1. The highest BCUT2D eigenvalue weighted by Gasteiger charge is 2.29. The molecule has 2 atom stereocenters. The zero-order valence-corrected chi connectivity index (χ0v) is 10.8. The van der Waals surface area contributed by atoms with Crippen LogP contribution < -0.4 is 11.5 Å². The SMILES string of the molecule is NC(=NCCC[C@H](N)C(=O)O)N1CC(S)CC1=O. The number of aliphatic carboxylic acids is 1. The third kappa shape index (κ3) is 4.19. The molecule has 0 radical (unpaired) electrons. The molecular weight excluding hydrogens is 256 g/mol. The van der Waals surface area contributed by atoms with Crippen LogP contribution in [0.5, 0.6) is 0 Å². The molecule has 0 aromatic heterocycles. The van der Waals surface area contributed by atoms with Gasteiger partial charge >= 0.3 is 5.97 Å². The molecule has 1 saturated heterocycles. The molecule has 0 saturated carbocycles. The number of rotatable bonds is 5. The van der Waals surface area contributed by atoms with Gasteiger partial charge in [0.2, 0.25) is 5.91 Å². The van der Waals surface area contributed by atoms with Gasteiger partial charge in [0, 0.05) is 24.8 Å². The van der Waals surface area contributed by atoms with Crippen LogP contribution in [0.4, 0.5) is 0 Å². The van der Waals surface area contributed by atoms with Gasteiger partial charge in [-0.2, -0.15) is 12.6 Å². The fourth-order valence-electron chi connectivity index (χ4n) is 1.62. The van der Waals surface area contributed by atoms with E-state index in [4.69, 9.17) is 16.6 Å². The van der Waals surface area contributed by atoms with E-state index in [1.807, 2.05) is 0 Å². The van der Waals surface area contributed by atoms with E-state index in [0.717, 1.165) is 0 Å². The molecule has 1 unspecified atom stereocenters. The fourth-order valence-corrected chi connectivity index (χ4v) is 1.94. The van der Waals surface area contributed by atoms with Crippen molar-refractivity contribution in [2.45, 2.75) is 30.6 Å². The largest absolute Gasteiger partial charge is 0.480 e. The lowest BCUT2D eigenvalue weighted by molar-refractivity contribution is -0.138. The molecular formula is C10H18N4O3S. The highest BCUT2D eigenvalue weighted by atomic mass is 32.1. The van der Waals surface area contributed by atoms with Crippen LogP contribution in [0.2, 0.25) is 0 Å². The molecule has 0 aliphatic carbocycles. The molecule has 5 N–H and O–H groups in total. The molecule has 18 heavy (non-hydrogen) atoms. The van der Waals surface area contributed by atoms with E-state index in [-0.39, 0.29) is 17.1 Å². The highest BCUT2D eigenvalue weighted by molar-refractivity contribution is 7.81. The van der Waals surface area contributed by atoms with E-state index in [9.17, 15) is 9.59 Å². The van der Waals surface area contributed by atoms with Crippen molar-refractivity contribution in [1.29, 1.82) is 0 Å². The van der Waals surface area contributed by atoms with Gasteiger partial charge in [-0.3, -0.25) is 19.5 Å². The summed E-state index contributed by atoms with van der Waals surface area (Å²) in [6, 6.07) is -0.878. The fraction of sp³-hybridized carbons (Fsp3) is 0.700. The van der Waals surface area contributed by atoms with E-state index >= 15 is 0 Å². The molecule has 1 rings (SSSR count). The summed E-state index contributed by atoms with van der Waals surface area (Å²) < 4.78 is 0. The smallest absolute Gasteiger partial charge is 0.320 e. The number of hydrogen-bond acceptors (Lipinski definition) is 5. The number of amides is 1. The van der Waals surface area contributed by atoms with Crippen molar-refractivity contribution in [3.63, 3.8) is 0 Å². The lowest BCUT2D eigenvalue weighted by Crippen LogP contribution is -2.38. The predicted molar refractivity (Wildman–Crippen MR) is 70.4 cm³/mol. The molecule has 7 nitrogen and oxygen atoms in total. The van der Waals surface area contributed by atoms with Crippen molar-refractivity contribution in [2.24, 2.45) is 16.5 Å². The number of likely N-dealkylation sites (tertiary alicyclic amines) is 1. The Morgan fingerprint density at radius 3 is 2.83 bits per heavy atom. The monoisotopic (exact) mass is 274 g/mol. The average molecular weight is 274 g/mol. The van der Waals surface area contributed by atoms with E-state index in [1.54, 1.807) is 0 Å².